The van der Waals surface area contributed by atoms with Crippen LogP contribution in [0.2, 0.25) is 0 Å². The topological polar surface area (TPSA) is 35.6 Å². The molecule has 0 saturated carbocycles. The number of benzene rings is 4. The van der Waals surface area contributed by atoms with Gasteiger partial charge >= 0.3 is 0 Å². The van der Waals surface area contributed by atoms with Gasteiger partial charge in [0, 0.05) is 85.3 Å². The van der Waals surface area contributed by atoms with Crippen molar-refractivity contribution < 1.29 is 0 Å². The number of allylic oxidation sites excluding steroid dienone is 3. The first-order chi connectivity index (χ1) is 27.4. The highest BCUT2D eigenvalue weighted by Gasteiger charge is 2.38. The highest BCUT2D eigenvalue weighted by molar-refractivity contribution is 5.93. The number of para-hydroxylation sites is 2. The third-order valence-corrected chi connectivity index (χ3v) is 13.0. The molecule has 0 N–H and O–H groups in total. The highest BCUT2D eigenvalue weighted by Crippen LogP contribution is 2.53. The Morgan fingerprint density at radius 3 is 1.95 bits per heavy atom. The number of aromatic nitrogens is 4. The molecule has 4 unspecified atom stereocenters. The predicted molar refractivity (Wildman–Crippen MR) is 232 cm³/mol. The van der Waals surface area contributed by atoms with Crippen molar-refractivity contribution in [3.63, 3.8) is 0 Å². The number of rotatable bonds is 4. The molecule has 0 spiro atoms. The monoisotopic (exact) mass is 726 g/mol. The van der Waals surface area contributed by atoms with Crippen LogP contribution in [-0.4, -0.2) is 19.1 Å². The van der Waals surface area contributed by atoms with Gasteiger partial charge in [0.2, 0.25) is 5.95 Å². The summed E-state index contributed by atoms with van der Waals surface area (Å²) in [4.78, 5) is 10.7. The minimum Gasteiger partial charge on any atom is -0.316 e. The summed E-state index contributed by atoms with van der Waals surface area (Å²) in [6.07, 6.45) is 14.0. The first kappa shape index (κ1) is 33.3. The van der Waals surface area contributed by atoms with Crippen molar-refractivity contribution in [2.75, 3.05) is 0 Å². The van der Waals surface area contributed by atoms with E-state index in [0.29, 0.717) is 17.8 Å². The lowest BCUT2D eigenvalue weighted by atomic mass is 9.76. The van der Waals surface area contributed by atoms with E-state index in [1.165, 1.54) is 73.0 Å². The molecule has 0 radical (unpaired) electrons. The molecule has 0 aliphatic heterocycles. The van der Waals surface area contributed by atoms with Gasteiger partial charge in [-0.15, -0.1) is 0 Å². The van der Waals surface area contributed by atoms with Crippen molar-refractivity contribution >= 4 is 29.1 Å². The minimum absolute atomic E-state index is 0.285. The highest BCUT2D eigenvalue weighted by atomic mass is 15.2. The quantitative estimate of drug-likeness (QED) is 0.181. The molecule has 4 aromatic carbocycles. The first-order valence-corrected chi connectivity index (χ1v) is 20.6. The standard InChI is InChI=1S/C52H46N4/c1-31-16-15-24-41-43-29-37(27-32(2)49(43)56(48(31)41)52-53-45-25-14-13-23-42(45)47(54-52)35-17-7-5-8-18-35)38-28-33(3)50-44(30-38)46-40-22-12-11-19-36(40)26-34(4)51(46)55(50)39-20-9-6-10-21-39/h5-15,17-25,29-34H,16,26-28H2,1-4H3. The first-order valence-electron chi connectivity index (χ1n) is 20.6. The lowest BCUT2D eigenvalue weighted by molar-refractivity contribution is 0.635. The van der Waals surface area contributed by atoms with Crippen LogP contribution in [0.3, 0.4) is 0 Å². The molecule has 56 heavy (non-hydrogen) atoms. The Balaban J connectivity index is 1.12. The second-order valence-corrected chi connectivity index (χ2v) is 16.8. The van der Waals surface area contributed by atoms with E-state index in [4.69, 9.17) is 9.97 Å². The molecular weight excluding hydrogens is 681 g/mol. The third kappa shape index (κ3) is 4.97. The molecule has 0 saturated heterocycles. The van der Waals surface area contributed by atoms with E-state index in [0.717, 1.165) is 53.8 Å². The molecule has 0 amide bonds. The zero-order valence-electron chi connectivity index (χ0n) is 32.6. The number of nitrogens with zero attached hydrogens (tertiary/aromatic N) is 4. The summed E-state index contributed by atoms with van der Waals surface area (Å²) in [5.74, 6) is 2.21. The minimum atomic E-state index is 0.285. The second kappa shape index (κ2) is 12.8. The van der Waals surface area contributed by atoms with Gasteiger partial charge in [-0.3, -0.25) is 4.57 Å². The molecule has 0 bridgehead atoms. The molecule has 4 heteroatoms. The number of hydrogen-bond donors (Lipinski definition) is 0. The summed E-state index contributed by atoms with van der Waals surface area (Å²) < 4.78 is 5.09. The van der Waals surface area contributed by atoms with Gasteiger partial charge in [0.1, 0.15) is 0 Å². The normalized spacial score (nSPS) is 20.7. The maximum absolute atomic E-state index is 5.43. The Hall–Kier alpha value is -6.00. The maximum atomic E-state index is 5.43. The summed E-state index contributed by atoms with van der Waals surface area (Å²) in [5, 5.41) is 1.08. The van der Waals surface area contributed by atoms with Crippen LogP contribution in [0.1, 0.15) is 116 Å². The average Bonchev–Trinajstić information content (AvgIpc) is 3.77. The van der Waals surface area contributed by atoms with E-state index < -0.39 is 0 Å². The van der Waals surface area contributed by atoms with Gasteiger partial charge in [-0.05, 0) is 78.3 Å². The molecule has 0 fully saturated rings. The van der Waals surface area contributed by atoms with Gasteiger partial charge < -0.3 is 4.57 Å². The molecular formula is C52H46N4. The van der Waals surface area contributed by atoms with Crippen LogP contribution in [0.15, 0.2) is 126 Å². The number of hydrogen-bond acceptors (Lipinski definition) is 2. The summed E-state index contributed by atoms with van der Waals surface area (Å²) in [6, 6.07) is 39.3. The Kier molecular flexibility index (Phi) is 7.61. The van der Waals surface area contributed by atoms with Gasteiger partial charge in [-0.2, -0.15) is 0 Å². The molecule has 3 heterocycles. The Morgan fingerprint density at radius 2 is 1.16 bits per heavy atom. The zero-order chi connectivity index (χ0) is 37.7. The van der Waals surface area contributed by atoms with Crippen LogP contribution >= 0.6 is 0 Å². The molecule has 4 nitrogen and oxygen atoms in total. The van der Waals surface area contributed by atoms with Crippen molar-refractivity contribution in [2.45, 2.75) is 77.0 Å². The molecule has 11 rings (SSSR count). The zero-order valence-corrected chi connectivity index (χ0v) is 32.6. The van der Waals surface area contributed by atoms with Gasteiger partial charge in [-0.1, -0.05) is 131 Å². The van der Waals surface area contributed by atoms with Crippen molar-refractivity contribution in [1.29, 1.82) is 0 Å². The molecule has 4 aliphatic rings. The molecule has 7 aromatic rings. The van der Waals surface area contributed by atoms with Crippen molar-refractivity contribution in [1.82, 2.24) is 19.1 Å². The number of fused-ring (bicyclic) bond motifs is 9. The maximum Gasteiger partial charge on any atom is 0.235 e. The SMILES string of the molecule is CC1CC(C2=Cc3c4c(n(-c5nc(-c6ccccc6)c6ccccc6n5)c3C(C)C2)C(C)CC=C4)=Cc2c3c(n(-c4ccccc4)c21)C(C)Cc1ccccc1-3. The van der Waals surface area contributed by atoms with E-state index >= 15 is 0 Å². The molecule has 4 aliphatic carbocycles. The van der Waals surface area contributed by atoms with E-state index in [-0.39, 0.29) is 5.92 Å². The van der Waals surface area contributed by atoms with Crippen molar-refractivity contribution in [3.8, 4) is 34.0 Å². The summed E-state index contributed by atoms with van der Waals surface area (Å²) in [7, 11) is 0. The average molecular weight is 727 g/mol. The Labute approximate surface area is 329 Å². The fourth-order valence-corrected chi connectivity index (χ4v) is 10.6. The lowest BCUT2D eigenvalue weighted by Gasteiger charge is -2.29. The molecule has 274 valence electrons. The summed E-state index contributed by atoms with van der Waals surface area (Å²) in [6.45, 7) is 9.66. The van der Waals surface area contributed by atoms with Crippen LogP contribution in [0, 0.1) is 0 Å². The van der Waals surface area contributed by atoms with Crippen LogP contribution in [0.5, 0.6) is 0 Å². The van der Waals surface area contributed by atoms with Gasteiger partial charge in [-0.25, -0.2) is 9.97 Å². The molecule has 4 atom stereocenters. The van der Waals surface area contributed by atoms with Crippen LogP contribution in [0.25, 0.3) is 63.2 Å². The van der Waals surface area contributed by atoms with Crippen molar-refractivity contribution in [2.24, 2.45) is 0 Å². The second-order valence-electron chi connectivity index (χ2n) is 16.8. The predicted octanol–water partition coefficient (Wildman–Crippen LogP) is 13.2. The summed E-state index contributed by atoms with van der Waals surface area (Å²) in [5.41, 5.74) is 21.3. The Bertz CT molecular complexity index is 2810. The third-order valence-electron chi connectivity index (χ3n) is 13.0. The largest absolute Gasteiger partial charge is 0.316 e. The van der Waals surface area contributed by atoms with Gasteiger partial charge in [0.05, 0.1) is 11.2 Å². The fourth-order valence-electron chi connectivity index (χ4n) is 10.6. The van der Waals surface area contributed by atoms with Gasteiger partial charge in [0.25, 0.3) is 0 Å². The van der Waals surface area contributed by atoms with Crippen LogP contribution < -0.4 is 0 Å². The Morgan fingerprint density at radius 1 is 0.536 bits per heavy atom. The van der Waals surface area contributed by atoms with E-state index in [1.54, 1.807) is 0 Å². The smallest absolute Gasteiger partial charge is 0.235 e. The van der Waals surface area contributed by atoms with Crippen molar-refractivity contribution in [3.05, 3.63) is 171 Å². The van der Waals surface area contributed by atoms with Gasteiger partial charge in [0.15, 0.2) is 0 Å². The van der Waals surface area contributed by atoms with Crippen LogP contribution in [0.4, 0.5) is 0 Å². The lowest BCUT2D eigenvalue weighted by Crippen LogP contribution is -2.17. The summed E-state index contributed by atoms with van der Waals surface area (Å²) >= 11 is 0. The van der Waals surface area contributed by atoms with Crippen LogP contribution in [-0.2, 0) is 6.42 Å². The van der Waals surface area contributed by atoms with E-state index in [1.807, 2.05) is 0 Å². The van der Waals surface area contributed by atoms with E-state index in [2.05, 4.69) is 170 Å². The molecule has 3 aromatic heterocycles. The fraction of sp³-hybridized carbons (Fsp3) is 0.231. The van der Waals surface area contributed by atoms with E-state index in [9.17, 15) is 0 Å².